The van der Waals surface area contributed by atoms with E-state index in [4.69, 9.17) is 5.26 Å². The number of rotatable bonds is 4. The van der Waals surface area contributed by atoms with Crippen molar-refractivity contribution in [3.05, 3.63) is 72.2 Å². The van der Waals surface area contributed by atoms with Gasteiger partial charge in [-0.05, 0) is 37.1 Å². The van der Waals surface area contributed by atoms with Crippen molar-refractivity contribution in [3.8, 4) is 6.07 Å². The van der Waals surface area contributed by atoms with Crippen LogP contribution in [0.4, 0.5) is 5.82 Å². The molecule has 3 aromatic heterocycles. The fourth-order valence-electron chi connectivity index (χ4n) is 3.51. The van der Waals surface area contributed by atoms with Crippen molar-refractivity contribution in [1.82, 2.24) is 19.5 Å². The van der Waals surface area contributed by atoms with Crippen LogP contribution >= 0.6 is 0 Å². The summed E-state index contributed by atoms with van der Waals surface area (Å²) in [4.78, 5) is 15.7. The maximum atomic E-state index is 9.03. The van der Waals surface area contributed by atoms with Crippen molar-refractivity contribution in [2.24, 2.45) is 0 Å². The number of anilines is 1. The molecule has 130 valence electrons. The van der Waals surface area contributed by atoms with Crippen LogP contribution in [0.5, 0.6) is 0 Å². The Labute approximate surface area is 152 Å². The maximum absolute atomic E-state index is 9.03. The van der Waals surface area contributed by atoms with Crippen molar-refractivity contribution in [1.29, 1.82) is 5.26 Å². The molecule has 1 saturated heterocycles. The van der Waals surface area contributed by atoms with Crippen LogP contribution in [-0.4, -0.2) is 32.6 Å². The normalized spacial score (nSPS) is 15.0. The molecule has 26 heavy (non-hydrogen) atoms. The summed E-state index contributed by atoms with van der Waals surface area (Å²) in [7, 11) is 0. The monoisotopic (exact) mass is 344 g/mol. The largest absolute Gasteiger partial charge is 0.357 e. The van der Waals surface area contributed by atoms with E-state index in [9.17, 15) is 0 Å². The molecule has 1 aliphatic rings. The molecule has 0 unspecified atom stereocenters. The fourth-order valence-corrected chi connectivity index (χ4v) is 3.51. The lowest BCUT2D eigenvalue weighted by molar-refractivity contribution is 0.467. The standard InChI is InChI=1S/C20H20N6/c21-14-17-5-3-6-19(24-17)25-11-7-16(8-12-25)20-23-10-13-26(20)15-18-4-1-2-9-22-18/h1-6,9-10,13,16H,7-8,11-12,15H2. The molecule has 1 fully saturated rings. The number of aromatic nitrogens is 4. The lowest BCUT2D eigenvalue weighted by atomic mass is 9.96. The first-order chi connectivity index (χ1) is 12.8. The summed E-state index contributed by atoms with van der Waals surface area (Å²) in [6.07, 6.45) is 7.79. The molecular formula is C20H20N6. The van der Waals surface area contributed by atoms with E-state index in [1.54, 1.807) is 6.07 Å². The quantitative estimate of drug-likeness (QED) is 0.728. The first kappa shape index (κ1) is 16.3. The molecule has 0 atom stereocenters. The predicted octanol–water partition coefficient (Wildman–Crippen LogP) is 2.98. The van der Waals surface area contributed by atoms with Crippen LogP contribution in [0.15, 0.2) is 55.0 Å². The number of hydrogen-bond donors (Lipinski definition) is 0. The summed E-state index contributed by atoms with van der Waals surface area (Å²) in [6.45, 7) is 2.59. The van der Waals surface area contributed by atoms with Gasteiger partial charge in [0.2, 0.25) is 0 Å². The van der Waals surface area contributed by atoms with Gasteiger partial charge in [0, 0.05) is 37.6 Å². The molecule has 0 spiro atoms. The van der Waals surface area contributed by atoms with E-state index >= 15 is 0 Å². The van der Waals surface area contributed by atoms with Crippen LogP contribution in [0.3, 0.4) is 0 Å². The molecule has 0 aliphatic carbocycles. The number of nitriles is 1. The summed E-state index contributed by atoms with van der Waals surface area (Å²) in [5.41, 5.74) is 1.51. The number of piperidine rings is 1. The first-order valence-corrected chi connectivity index (χ1v) is 8.86. The van der Waals surface area contributed by atoms with Crippen LogP contribution < -0.4 is 4.90 Å². The van der Waals surface area contributed by atoms with Crippen LogP contribution in [0, 0.1) is 11.3 Å². The zero-order valence-corrected chi connectivity index (χ0v) is 14.5. The number of hydrogen-bond acceptors (Lipinski definition) is 5. The van der Waals surface area contributed by atoms with Gasteiger partial charge >= 0.3 is 0 Å². The molecule has 0 bridgehead atoms. The van der Waals surface area contributed by atoms with Crippen LogP contribution in [0.25, 0.3) is 0 Å². The van der Waals surface area contributed by atoms with E-state index in [1.165, 1.54) is 0 Å². The van der Waals surface area contributed by atoms with Gasteiger partial charge in [0.05, 0.1) is 12.2 Å². The highest BCUT2D eigenvalue weighted by Crippen LogP contribution is 2.29. The Balaban J connectivity index is 1.44. The second-order valence-electron chi connectivity index (χ2n) is 6.49. The van der Waals surface area contributed by atoms with Gasteiger partial charge in [-0.1, -0.05) is 12.1 Å². The maximum Gasteiger partial charge on any atom is 0.142 e. The molecule has 6 heteroatoms. The molecule has 0 aromatic carbocycles. The molecule has 4 rings (SSSR count). The van der Waals surface area contributed by atoms with Gasteiger partial charge in [-0.2, -0.15) is 5.26 Å². The summed E-state index contributed by atoms with van der Waals surface area (Å²) in [6, 6.07) is 13.7. The number of pyridine rings is 2. The van der Waals surface area contributed by atoms with E-state index < -0.39 is 0 Å². The second-order valence-corrected chi connectivity index (χ2v) is 6.49. The average molecular weight is 344 g/mol. The topological polar surface area (TPSA) is 70.6 Å². The lowest BCUT2D eigenvalue weighted by Gasteiger charge is -2.32. The smallest absolute Gasteiger partial charge is 0.142 e. The van der Waals surface area contributed by atoms with Crippen LogP contribution in [0.2, 0.25) is 0 Å². The molecule has 0 radical (unpaired) electrons. The third-order valence-electron chi connectivity index (χ3n) is 4.84. The van der Waals surface area contributed by atoms with Gasteiger partial charge in [-0.15, -0.1) is 0 Å². The second kappa shape index (κ2) is 7.36. The Morgan fingerprint density at radius 1 is 1.04 bits per heavy atom. The minimum Gasteiger partial charge on any atom is -0.357 e. The molecule has 0 saturated carbocycles. The summed E-state index contributed by atoms with van der Waals surface area (Å²) < 4.78 is 2.21. The Kier molecular flexibility index (Phi) is 4.61. The van der Waals surface area contributed by atoms with Gasteiger partial charge in [0.1, 0.15) is 23.4 Å². The minimum absolute atomic E-state index is 0.434. The van der Waals surface area contributed by atoms with Crippen LogP contribution in [0.1, 0.15) is 36.0 Å². The Hall–Kier alpha value is -3.20. The lowest BCUT2D eigenvalue weighted by Crippen LogP contribution is -2.34. The van der Waals surface area contributed by atoms with Crippen molar-refractivity contribution < 1.29 is 0 Å². The van der Waals surface area contributed by atoms with Gasteiger partial charge in [-0.25, -0.2) is 9.97 Å². The van der Waals surface area contributed by atoms with Gasteiger partial charge in [-0.3, -0.25) is 4.98 Å². The number of imidazole rings is 1. The zero-order valence-electron chi connectivity index (χ0n) is 14.5. The highest BCUT2D eigenvalue weighted by molar-refractivity contribution is 5.42. The molecule has 4 heterocycles. The Morgan fingerprint density at radius 2 is 1.92 bits per heavy atom. The van der Waals surface area contributed by atoms with Crippen molar-refractivity contribution in [3.63, 3.8) is 0 Å². The fraction of sp³-hybridized carbons (Fsp3) is 0.300. The Bertz CT molecular complexity index is 903. The van der Waals surface area contributed by atoms with Crippen molar-refractivity contribution >= 4 is 5.82 Å². The molecule has 0 N–H and O–H groups in total. The molecule has 1 aliphatic heterocycles. The minimum atomic E-state index is 0.434. The van der Waals surface area contributed by atoms with Gasteiger partial charge < -0.3 is 9.47 Å². The van der Waals surface area contributed by atoms with Crippen LogP contribution in [-0.2, 0) is 6.54 Å². The average Bonchev–Trinajstić information content (AvgIpc) is 3.17. The molecule has 6 nitrogen and oxygen atoms in total. The van der Waals surface area contributed by atoms with E-state index in [1.807, 2.05) is 48.9 Å². The van der Waals surface area contributed by atoms with Gasteiger partial charge in [0.15, 0.2) is 0 Å². The zero-order chi connectivity index (χ0) is 17.8. The van der Waals surface area contributed by atoms with E-state index in [2.05, 4.69) is 30.5 Å². The summed E-state index contributed by atoms with van der Waals surface area (Å²) in [5.74, 6) is 2.46. The highest BCUT2D eigenvalue weighted by atomic mass is 15.2. The van der Waals surface area contributed by atoms with E-state index in [-0.39, 0.29) is 0 Å². The predicted molar refractivity (Wildman–Crippen MR) is 98.7 cm³/mol. The SMILES string of the molecule is N#Cc1cccc(N2CCC(c3nccn3Cc3ccccn3)CC2)n1. The van der Waals surface area contributed by atoms with Gasteiger partial charge in [0.25, 0.3) is 0 Å². The molecular weight excluding hydrogens is 324 g/mol. The summed E-state index contributed by atoms with van der Waals surface area (Å²) in [5, 5.41) is 9.03. The molecule has 0 amide bonds. The first-order valence-electron chi connectivity index (χ1n) is 8.86. The Morgan fingerprint density at radius 3 is 2.69 bits per heavy atom. The summed E-state index contributed by atoms with van der Waals surface area (Å²) >= 11 is 0. The molecule has 3 aromatic rings. The van der Waals surface area contributed by atoms with Crippen molar-refractivity contribution in [2.45, 2.75) is 25.3 Å². The van der Waals surface area contributed by atoms with Crippen molar-refractivity contribution in [2.75, 3.05) is 18.0 Å². The van der Waals surface area contributed by atoms with E-state index in [0.717, 1.165) is 49.8 Å². The number of nitrogens with zero attached hydrogens (tertiary/aromatic N) is 6. The van der Waals surface area contributed by atoms with E-state index in [0.29, 0.717) is 11.6 Å². The third-order valence-corrected chi connectivity index (χ3v) is 4.84. The third kappa shape index (κ3) is 3.42. The highest BCUT2D eigenvalue weighted by Gasteiger charge is 2.24.